The Kier molecular flexibility index (Phi) is 5.45. The molecule has 26 heavy (non-hydrogen) atoms. The molecule has 1 fully saturated rings. The van der Waals surface area contributed by atoms with E-state index in [0.29, 0.717) is 24.3 Å². The van der Waals surface area contributed by atoms with Gasteiger partial charge in [-0.05, 0) is 49.4 Å². The van der Waals surface area contributed by atoms with Gasteiger partial charge in [-0.2, -0.15) is 4.31 Å². The summed E-state index contributed by atoms with van der Waals surface area (Å²) in [5.41, 5.74) is 0.707. The van der Waals surface area contributed by atoms with Crippen molar-refractivity contribution in [3.63, 3.8) is 0 Å². The highest BCUT2D eigenvalue weighted by Gasteiger charge is 2.29. The van der Waals surface area contributed by atoms with Crippen molar-refractivity contribution in [2.75, 3.05) is 31.1 Å². The lowest BCUT2D eigenvalue weighted by atomic mass is 10.1. The molecule has 138 valence electrons. The summed E-state index contributed by atoms with van der Waals surface area (Å²) in [6, 6.07) is 10.9. The molecule has 0 aromatic heterocycles. The second-order valence-electron chi connectivity index (χ2n) is 6.07. The number of halogens is 2. The molecule has 0 spiro atoms. The first-order valence-corrected chi connectivity index (χ1v) is 10.3. The highest BCUT2D eigenvalue weighted by atomic mass is 79.9. The lowest BCUT2D eigenvalue weighted by Gasteiger charge is -2.35. The highest BCUT2D eigenvalue weighted by molar-refractivity contribution is 9.10. The number of benzene rings is 2. The molecule has 0 aliphatic carbocycles. The fourth-order valence-corrected chi connectivity index (χ4v) is 4.59. The third-order valence-electron chi connectivity index (χ3n) is 4.38. The molecule has 3 rings (SSSR count). The Morgan fingerprint density at radius 3 is 2.19 bits per heavy atom. The van der Waals surface area contributed by atoms with Gasteiger partial charge in [0.2, 0.25) is 10.0 Å². The standard InChI is InChI=1S/C18H18BrFN2O3S/c1-13(23)14-2-7-18(17(20)12-14)21-8-10-22(11-9-21)26(24,25)16-5-3-15(19)4-6-16/h2-7,12H,8-11H2,1H3. The Labute approximate surface area is 160 Å². The molecular weight excluding hydrogens is 423 g/mol. The van der Waals surface area contributed by atoms with Crippen LogP contribution in [-0.2, 0) is 10.0 Å². The maximum atomic E-state index is 14.3. The SMILES string of the molecule is CC(=O)c1ccc(N2CCN(S(=O)(=O)c3ccc(Br)cc3)CC2)c(F)c1. The molecular formula is C18H18BrFN2O3S. The van der Waals surface area contributed by atoms with E-state index >= 15 is 0 Å². The number of hydrogen-bond donors (Lipinski definition) is 0. The van der Waals surface area contributed by atoms with Crippen LogP contribution < -0.4 is 4.90 Å². The average Bonchev–Trinajstić information content (AvgIpc) is 2.62. The van der Waals surface area contributed by atoms with E-state index in [1.54, 1.807) is 41.3 Å². The summed E-state index contributed by atoms with van der Waals surface area (Å²) in [5, 5.41) is 0. The van der Waals surface area contributed by atoms with Gasteiger partial charge in [0.15, 0.2) is 5.78 Å². The third kappa shape index (κ3) is 3.82. The van der Waals surface area contributed by atoms with Crippen molar-refractivity contribution in [2.45, 2.75) is 11.8 Å². The van der Waals surface area contributed by atoms with Crippen molar-refractivity contribution in [2.24, 2.45) is 0 Å². The zero-order valence-electron chi connectivity index (χ0n) is 14.2. The molecule has 1 aliphatic heterocycles. The summed E-state index contributed by atoms with van der Waals surface area (Å²) in [4.78, 5) is 13.4. The molecule has 0 N–H and O–H groups in total. The van der Waals surface area contributed by atoms with Crippen LogP contribution in [0.15, 0.2) is 51.8 Å². The number of sulfonamides is 1. The number of ketones is 1. The van der Waals surface area contributed by atoms with E-state index in [4.69, 9.17) is 0 Å². The lowest BCUT2D eigenvalue weighted by molar-refractivity contribution is 0.101. The van der Waals surface area contributed by atoms with Gasteiger partial charge in [-0.25, -0.2) is 12.8 Å². The van der Waals surface area contributed by atoms with Gasteiger partial charge in [-0.3, -0.25) is 4.79 Å². The van der Waals surface area contributed by atoms with Gasteiger partial charge in [-0.15, -0.1) is 0 Å². The Morgan fingerprint density at radius 1 is 1.04 bits per heavy atom. The number of carbonyl (C=O) groups excluding carboxylic acids is 1. The normalized spacial score (nSPS) is 15.9. The van der Waals surface area contributed by atoms with Crippen LogP contribution in [0.1, 0.15) is 17.3 Å². The zero-order valence-corrected chi connectivity index (χ0v) is 16.6. The molecule has 0 bridgehead atoms. The predicted octanol–water partition coefficient (Wildman–Crippen LogP) is 3.30. The minimum absolute atomic E-state index is 0.194. The molecule has 1 saturated heterocycles. The van der Waals surface area contributed by atoms with Crippen LogP contribution >= 0.6 is 15.9 Å². The molecule has 1 aliphatic rings. The summed E-state index contributed by atoms with van der Waals surface area (Å²) in [5.74, 6) is -0.664. The molecule has 0 amide bonds. The van der Waals surface area contributed by atoms with E-state index in [1.807, 2.05) is 0 Å². The number of hydrogen-bond acceptors (Lipinski definition) is 4. The molecule has 2 aromatic rings. The summed E-state index contributed by atoms with van der Waals surface area (Å²) in [6.45, 7) is 2.69. The van der Waals surface area contributed by atoms with Crippen molar-refractivity contribution in [3.05, 3.63) is 58.3 Å². The second-order valence-corrected chi connectivity index (χ2v) is 8.92. The van der Waals surface area contributed by atoms with Gasteiger partial charge in [-0.1, -0.05) is 15.9 Å². The van der Waals surface area contributed by atoms with Crippen LogP contribution in [0.5, 0.6) is 0 Å². The van der Waals surface area contributed by atoms with Crippen molar-refractivity contribution < 1.29 is 17.6 Å². The summed E-state index contributed by atoms with van der Waals surface area (Å²) in [7, 11) is -3.57. The van der Waals surface area contributed by atoms with E-state index in [2.05, 4.69) is 15.9 Å². The van der Waals surface area contributed by atoms with Crippen LogP contribution in [-0.4, -0.2) is 44.7 Å². The van der Waals surface area contributed by atoms with Gasteiger partial charge in [0.25, 0.3) is 0 Å². The molecule has 1 heterocycles. The second kappa shape index (κ2) is 7.46. The van der Waals surface area contributed by atoms with Gasteiger partial charge in [0.05, 0.1) is 10.6 Å². The van der Waals surface area contributed by atoms with Crippen LogP contribution in [0, 0.1) is 5.82 Å². The van der Waals surface area contributed by atoms with E-state index < -0.39 is 15.8 Å². The van der Waals surface area contributed by atoms with Gasteiger partial charge >= 0.3 is 0 Å². The zero-order chi connectivity index (χ0) is 18.9. The third-order valence-corrected chi connectivity index (χ3v) is 6.83. The van der Waals surface area contributed by atoms with Crippen LogP contribution in [0.3, 0.4) is 0 Å². The number of Topliss-reactive ketones (excluding diaryl/α,β-unsaturated/α-hetero) is 1. The van der Waals surface area contributed by atoms with Crippen molar-refractivity contribution >= 4 is 37.4 Å². The van der Waals surface area contributed by atoms with Gasteiger partial charge < -0.3 is 4.90 Å². The predicted molar refractivity (Wildman–Crippen MR) is 102 cm³/mol. The maximum Gasteiger partial charge on any atom is 0.243 e. The molecule has 2 aromatic carbocycles. The number of rotatable bonds is 4. The highest BCUT2D eigenvalue weighted by Crippen LogP contribution is 2.25. The number of nitrogens with zero attached hydrogens (tertiary/aromatic N) is 2. The molecule has 0 saturated carbocycles. The first-order valence-electron chi connectivity index (χ1n) is 8.10. The number of piperazine rings is 1. The van der Waals surface area contributed by atoms with Crippen molar-refractivity contribution in [1.82, 2.24) is 4.31 Å². The van der Waals surface area contributed by atoms with Gasteiger partial charge in [0, 0.05) is 36.2 Å². The summed E-state index contributed by atoms with van der Waals surface area (Å²) < 4.78 is 41.9. The van der Waals surface area contributed by atoms with Crippen LogP contribution in [0.4, 0.5) is 10.1 Å². The largest absolute Gasteiger partial charge is 0.367 e. The van der Waals surface area contributed by atoms with E-state index in [9.17, 15) is 17.6 Å². The first-order chi connectivity index (χ1) is 12.3. The van der Waals surface area contributed by atoms with Crippen LogP contribution in [0.2, 0.25) is 0 Å². The quantitative estimate of drug-likeness (QED) is 0.684. The lowest BCUT2D eigenvalue weighted by Crippen LogP contribution is -2.48. The van der Waals surface area contributed by atoms with Crippen molar-refractivity contribution in [3.8, 4) is 0 Å². The number of carbonyl (C=O) groups is 1. The van der Waals surface area contributed by atoms with Crippen molar-refractivity contribution in [1.29, 1.82) is 0 Å². The molecule has 0 unspecified atom stereocenters. The topological polar surface area (TPSA) is 57.7 Å². The minimum Gasteiger partial charge on any atom is -0.367 e. The smallest absolute Gasteiger partial charge is 0.243 e. The molecule has 5 nitrogen and oxygen atoms in total. The molecule has 8 heteroatoms. The van der Waals surface area contributed by atoms with Crippen LogP contribution in [0.25, 0.3) is 0 Å². The molecule has 0 atom stereocenters. The Hall–Kier alpha value is -1.77. The first kappa shape index (κ1) is 19.0. The Morgan fingerprint density at radius 2 is 1.65 bits per heavy atom. The fourth-order valence-electron chi connectivity index (χ4n) is 2.91. The maximum absolute atomic E-state index is 14.3. The number of anilines is 1. The van der Waals surface area contributed by atoms with E-state index in [-0.39, 0.29) is 23.8 Å². The Balaban J connectivity index is 1.73. The summed E-state index contributed by atoms with van der Waals surface area (Å²) in [6.07, 6.45) is 0. The minimum atomic E-state index is -3.57. The average molecular weight is 441 g/mol. The monoisotopic (exact) mass is 440 g/mol. The van der Waals surface area contributed by atoms with E-state index in [1.165, 1.54) is 17.3 Å². The van der Waals surface area contributed by atoms with E-state index in [0.717, 1.165) is 4.47 Å². The fraction of sp³-hybridized carbons (Fsp3) is 0.278. The Bertz CT molecular complexity index is 924. The van der Waals surface area contributed by atoms with Gasteiger partial charge in [0.1, 0.15) is 5.82 Å². The summed E-state index contributed by atoms with van der Waals surface area (Å²) >= 11 is 3.29. The molecule has 0 radical (unpaired) electrons.